The molecular weight excluding hydrogens is 611 g/mol. The Morgan fingerprint density at radius 3 is 2.73 bits per heavy atom. The number of nitrogens with zero attached hydrogens (tertiary/aromatic N) is 6. The number of aromatic nitrogens is 5. The standard InChI is InChI=1S/C36H39FN8O3/c1-19-25-10-8-20-14-28(44(33(20)41-25)12-6-4-5-7-21-16-39-17-24(37)30(21)35(46)40-19)34-42-26-13-23(15-29(48-3)32(26)43(34)2)36(47)45-18-22-9-11-27(45)31(22)38/h8,10,13-17,19,22,27,31H,4-7,9,11-12,18,38H2,1-3H3,(H,40,46)/t19-,22?,27-,31-/m1/s1. The van der Waals surface area contributed by atoms with Crippen molar-refractivity contribution in [2.24, 2.45) is 18.7 Å². The Labute approximate surface area is 277 Å². The molecule has 1 unspecified atom stereocenters. The molecule has 248 valence electrons. The van der Waals surface area contributed by atoms with Crippen LogP contribution in [0, 0.1) is 11.7 Å². The van der Waals surface area contributed by atoms with Crippen LogP contribution in [0.15, 0.2) is 42.7 Å². The molecule has 2 fully saturated rings. The molecule has 2 aliphatic heterocycles. The molecule has 3 N–H and O–H groups in total. The number of amides is 2. The van der Waals surface area contributed by atoms with Gasteiger partial charge in [0.05, 0.1) is 41.8 Å². The van der Waals surface area contributed by atoms with Crippen molar-refractivity contribution in [3.8, 4) is 17.3 Å². The first kappa shape index (κ1) is 30.5. The number of imidazole rings is 1. The summed E-state index contributed by atoms with van der Waals surface area (Å²) in [5.41, 5.74) is 11.4. The van der Waals surface area contributed by atoms with Gasteiger partial charge in [0.25, 0.3) is 11.8 Å². The zero-order chi connectivity index (χ0) is 33.3. The molecule has 4 bridgehead atoms. The van der Waals surface area contributed by atoms with Gasteiger partial charge in [0.1, 0.15) is 16.9 Å². The third-order valence-corrected chi connectivity index (χ3v) is 10.6. The summed E-state index contributed by atoms with van der Waals surface area (Å²) >= 11 is 0. The van der Waals surface area contributed by atoms with Crippen LogP contribution in [0.2, 0.25) is 0 Å². The molecule has 5 aromatic rings. The van der Waals surface area contributed by atoms with Crippen molar-refractivity contribution in [1.29, 1.82) is 0 Å². The number of hydrogen-bond acceptors (Lipinski definition) is 7. The van der Waals surface area contributed by atoms with E-state index in [1.165, 1.54) is 0 Å². The lowest BCUT2D eigenvalue weighted by Crippen LogP contribution is -2.41. The molecule has 12 heteroatoms. The van der Waals surface area contributed by atoms with Crippen LogP contribution in [0.1, 0.15) is 77.0 Å². The summed E-state index contributed by atoms with van der Waals surface area (Å²) in [6.07, 6.45) is 7.72. The number of nitrogens with one attached hydrogen (secondary N) is 1. The summed E-state index contributed by atoms with van der Waals surface area (Å²) in [5, 5.41) is 3.89. The average molecular weight is 651 g/mol. The lowest BCUT2D eigenvalue weighted by Gasteiger charge is -2.27. The number of pyridine rings is 2. The van der Waals surface area contributed by atoms with E-state index in [9.17, 15) is 14.0 Å². The zero-order valence-electron chi connectivity index (χ0n) is 27.4. The number of halogens is 1. The number of aryl methyl sites for hydroxylation is 3. The van der Waals surface area contributed by atoms with Crippen molar-refractivity contribution in [2.45, 2.75) is 70.1 Å². The number of fused-ring (bicyclic) bond motifs is 5. The third kappa shape index (κ3) is 4.84. The lowest BCUT2D eigenvalue weighted by molar-refractivity contribution is 0.0700. The highest BCUT2D eigenvalue weighted by Crippen LogP contribution is 2.39. The molecule has 0 radical (unpaired) electrons. The molecule has 2 amide bonds. The number of nitrogens with two attached hydrogens (primary N) is 1. The Hall–Kier alpha value is -4.84. The Bertz CT molecular complexity index is 2100. The molecule has 0 spiro atoms. The molecule has 48 heavy (non-hydrogen) atoms. The SMILES string of the molecule is COc1cc(C(=O)N2CC3CC[C@@H]2[C@@H]3N)cc2nc(-c3cc4ccc5nc4n3CCCCCc3cncc(F)c3C(=O)N[C@@H]5C)n(C)c12. The van der Waals surface area contributed by atoms with Gasteiger partial charge in [0.15, 0.2) is 11.6 Å². The van der Waals surface area contributed by atoms with Gasteiger partial charge in [-0.25, -0.2) is 14.4 Å². The van der Waals surface area contributed by atoms with Crippen molar-refractivity contribution in [3.63, 3.8) is 0 Å². The number of rotatable bonds is 3. The first-order chi connectivity index (χ1) is 23.2. The molecule has 1 aromatic carbocycles. The van der Waals surface area contributed by atoms with Gasteiger partial charge >= 0.3 is 0 Å². The Kier molecular flexibility index (Phi) is 7.43. The molecule has 6 heterocycles. The summed E-state index contributed by atoms with van der Waals surface area (Å²) in [5.74, 6) is 0.547. The number of piperidine rings is 1. The topological polar surface area (TPSA) is 133 Å². The third-order valence-electron chi connectivity index (χ3n) is 10.6. The van der Waals surface area contributed by atoms with Crippen molar-refractivity contribution < 1.29 is 18.7 Å². The summed E-state index contributed by atoms with van der Waals surface area (Å²) in [7, 11) is 3.58. The fourth-order valence-corrected chi connectivity index (χ4v) is 8.09. The van der Waals surface area contributed by atoms with Gasteiger partial charge in [-0.2, -0.15) is 0 Å². The number of carbonyl (C=O) groups excluding carboxylic acids is 2. The van der Waals surface area contributed by atoms with Crippen LogP contribution >= 0.6 is 0 Å². The van der Waals surface area contributed by atoms with E-state index in [4.69, 9.17) is 20.4 Å². The summed E-state index contributed by atoms with van der Waals surface area (Å²) < 4.78 is 24.9. The second-order valence-electron chi connectivity index (χ2n) is 13.5. The van der Waals surface area contributed by atoms with Crippen LogP contribution in [0.25, 0.3) is 33.6 Å². The number of benzene rings is 1. The van der Waals surface area contributed by atoms with Gasteiger partial charge in [-0.05, 0) is 80.8 Å². The predicted octanol–water partition coefficient (Wildman–Crippen LogP) is 4.91. The minimum atomic E-state index is -0.617. The van der Waals surface area contributed by atoms with Gasteiger partial charge in [0.2, 0.25) is 0 Å². The molecule has 1 saturated heterocycles. The summed E-state index contributed by atoms with van der Waals surface area (Å²) in [6.45, 7) is 3.23. The van der Waals surface area contributed by atoms with Crippen LogP contribution in [0.5, 0.6) is 5.75 Å². The fourth-order valence-electron chi connectivity index (χ4n) is 8.09. The van der Waals surface area contributed by atoms with Gasteiger partial charge in [-0.15, -0.1) is 0 Å². The lowest BCUT2D eigenvalue weighted by atomic mass is 10.0. The van der Waals surface area contributed by atoms with Crippen LogP contribution < -0.4 is 15.8 Å². The van der Waals surface area contributed by atoms with E-state index in [0.29, 0.717) is 53.5 Å². The number of hydrogen-bond donors (Lipinski definition) is 2. The van der Waals surface area contributed by atoms with Crippen LogP contribution in [0.3, 0.4) is 0 Å². The predicted molar refractivity (Wildman–Crippen MR) is 179 cm³/mol. The van der Waals surface area contributed by atoms with E-state index >= 15 is 0 Å². The highest BCUT2D eigenvalue weighted by molar-refractivity contribution is 6.00. The van der Waals surface area contributed by atoms with E-state index in [1.807, 2.05) is 47.7 Å². The van der Waals surface area contributed by atoms with Crippen LogP contribution in [-0.4, -0.2) is 66.5 Å². The van der Waals surface area contributed by atoms with Crippen molar-refractivity contribution >= 4 is 33.9 Å². The van der Waals surface area contributed by atoms with E-state index in [1.54, 1.807) is 13.3 Å². The molecule has 4 atom stereocenters. The largest absolute Gasteiger partial charge is 0.494 e. The van der Waals surface area contributed by atoms with Crippen LogP contribution in [-0.2, 0) is 20.0 Å². The van der Waals surface area contributed by atoms with Gasteiger partial charge < -0.3 is 29.8 Å². The second-order valence-corrected chi connectivity index (χ2v) is 13.5. The van der Waals surface area contributed by atoms with E-state index in [-0.39, 0.29) is 23.6 Å². The molecule has 4 aromatic heterocycles. The number of likely N-dealkylation sites (tertiary alicyclic amines) is 1. The molecule has 1 aliphatic carbocycles. The molecular formula is C36H39FN8O3. The average Bonchev–Trinajstić information content (AvgIpc) is 3.82. The molecule has 3 aliphatic rings. The Morgan fingerprint density at radius 2 is 1.96 bits per heavy atom. The normalized spacial score (nSPS) is 22.7. The first-order valence-electron chi connectivity index (χ1n) is 16.8. The van der Waals surface area contributed by atoms with Crippen molar-refractivity contribution in [1.82, 2.24) is 34.3 Å². The zero-order valence-corrected chi connectivity index (χ0v) is 27.4. The van der Waals surface area contributed by atoms with Crippen LogP contribution in [0.4, 0.5) is 4.39 Å². The van der Waals surface area contributed by atoms with E-state index < -0.39 is 17.8 Å². The maximum Gasteiger partial charge on any atom is 0.255 e. The number of ether oxygens (including phenoxy) is 1. The van der Waals surface area contributed by atoms with Gasteiger partial charge in [-0.1, -0.05) is 6.42 Å². The summed E-state index contributed by atoms with van der Waals surface area (Å²) in [6, 6.07) is 9.31. The summed E-state index contributed by atoms with van der Waals surface area (Å²) in [4.78, 5) is 43.1. The highest BCUT2D eigenvalue weighted by atomic mass is 19.1. The molecule has 8 rings (SSSR count). The number of methoxy groups -OCH3 is 1. The van der Waals surface area contributed by atoms with Crippen molar-refractivity contribution in [2.75, 3.05) is 13.7 Å². The molecule has 1 saturated carbocycles. The fraction of sp³-hybridized carbons (Fsp3) is 0.417. The monoisotopic (exact) mass is 650 g/mol. The minimum absolute atomic E-state index is 0.0357. The Balaban J connectivity index is 1.19. The van der Waals surface area contributed by atoms with Crippen molar-refractivity contribution in [3.05, 3.63) is 70.9 Å². The van der Waals surface area contributed by atoms with E-state index in [2.05, 4.69) is 20.9 Å². The maximum absolute atomic E-state index is 14.8. The quantitative estimate of drug-likeness (QED) is 0.284. The van der Waals surface area contributed by atoms with Gasteiger partial charge in [0, 0.05) is 49.4 Å². The maximum atomic E-state index is 14.8. The Morgan fingerprint density at radius 1 is 1.10 bits per heavy atom. The smallest absolute Gasteiger partial charge is 0.255 e. The first-order valence-corrected chi connectivity index (χ1v) is 16.8. The van der Waals surface area contributed by atoms with Gasteiger partial charge in [-0.3, -0.25) is 14.6 Å². The molecule has 11 nitrogen and oxygen atoms in total. The second kappa shape index (κ2) is 11.7. The minimum Gasteiger partial charge on any atom is -0.494 e. The highest BCUT2D eigenvalue weighted by Gasteiger charge is 2.47. The van der Waals surface area contributed by atoms with E-state index in [0.717, 1.165) is 66.4 Å². The number of carbonyl (C=O) groups is 2.